The van der Waals surface area contributed by atoms with Crippen LogP contribution in [-0.4, -0.2) is 23.3 Å². The summed E-state index contributed by atoms with van der Waals surface area (Å²) in [5.74, 6) is 0.864. The largest absolute Gasteiger partial charge is 0.496 e. The molecular weight excluding hydrogens is 322 g/mol. The Morgan fingerprint density at radius 2 is 1.83 bits per heavy atom. The minimum absolute atomic E-state index is 0.391. The number of halogens is 1. The van der Waals surface area contributed by atoms with Crippen molar-refractivity contribution in [3.05, 3.63) is 63.8 Å². The number of aliphatic hydroxyl groups excluding tert-OH is 1. The number of rotatable bonds is 5. The highest BCUT2D eigenvalue weighted by molar-refractivity contribution is 6.30. The van der Waals surface area contributed by atoms with Crippen molar-refractivity contribution < 1.29 is 9.84 Å². The predicted octanol–water partition coefficient (Wildman–Crippen LogP) is 4.65. The Balaban J connectivity index is 2.17. The third kappa shape index (κ3) is 3.28. The number of methoxy groups -OCH3 is 1. The number of nitrogens with one attached hydrogen (secondary N) is 1. The van der Waals surface area contributed by atoms with Gasteiger partial charge in [0.2, 0.25) is 0 Å². The lowest BCUT2D eigenvalue weighted by molar-refractivity contribution is 0.195. The second-order valence-electron chi connectivity index (χ2n) is 6.25. The van der Waals surface area contributed by atoms with E-state index in [1.165, 1.54) is 5.56 Å². The van der Waals surface area contributed by atoms with Crippen LogP contribution in [0.4, 0.5) is 0 Å². The zero-order valence-corrected chi connectivity index (χ0v) is 14.9. The van der Waals surface area contributed by atoms with E-state index >= 15 is 0 Å². The first-order valence-electron chi connectivity index (χ1n) is 8.09. The van der Waals surface area contributed by atoms with E-state index in [9.17, 15) is 5.11 Å². The number of aryl methyl sites for hydroxylation is 1. The first-order chi connectivity index (χ1) is 11.5. The normalized spacial score (nSPS) is 12.5. The van der Waals surface area contributed by atoms with Crippen LogP contribution in [0.25, 0.3) is 10.9 Å². The van der Waals surface area contributed by atoms with Crippen molar-refractivity contribution in [2.24, 2.45) is 0 Å². The van der Waals surface area contributed by atoms with Crippen molar-refractivity contribution in [2.45, 2.75) is 32.8 Å². The average molecular weight is 344 g/mol. The van der Waals surface area contributed by atoms with Gasteiger partial charge in [-0.2, -0.15) is 0 Å². The fraction of sp³-hybridized carbons (Fsp3) is 0.300. The number of aliphatic hydroxyl groups is 1. The van der Waals surface area contributed by atoms with E-state index in [0.29, 0.717) is 6.42 Å². The number of hydrogen-bond acceptors (Lipinski definition) is 2. The molecule has 2 N–H and O–H groups in total. The molecule has 1 aromatic heterocycles. The molecule has 1 atom stereocenters. The highest BCUT2D eigenvalue weighted by atomic mass is 35.5. The molecule has 0 aliphatic heterocycles. The number of aromatic nitrogens is 1. The third-order valence-electron chi connectivity index (χ3n) is 4.36. The molecule has 24 heavy (non-hydrogen) atoms. The predicted molar refractivity (Wildman–Crippen MR) is 99.2 cm³/mol. The zero-order valence-electron chi connectivity index (χ0n) is 14.2. The molecule has 0 fully saturated rings. The van der Waals surface area contributed by atoms with E-state index < -0.39 is 6.10 Å². The van der Waals surface area contributed by atoms with Crippen LogP contribution in [0.5, 0.6) is 5.75 Å². The van der Waals surface area contributed by atoms with Crippen molar-refractivity contribution in [1.82, 2.24) is 4.98 Å². The van der Waals surface area contributed by atoms with Gasteiger partial charge in [0.1, 0.15) is 5.75 Å². The van der Waals surface area contributed by atoms with Crippen LogP contribution in [0.15, 0.2) is 36.4 Å². The lowest BCUT2D eigenvalue weighted by Gasteiger charge is -2.13. The maximum absolute atomic E-state index is 9.89. The topological polar surface area (TPSA) is 45.2 Å². The van der Waals surface area contributed by atoms with Crippen molar-refractivity contribution in [3.63, 3.8) is 0 Å². The summed E-state index contributed by atoms with van der Waals surface area (Å²) in [5.41, 5.74) is 5.64. The average Bonchev–Trinajstić information content (AvgIpc) is 2.85. The van der Waals surface area contributed by atoms with Gasteiger partial charge < -0.3 is 14.8 Å². The zero-order chi connectivity index (χ0) is 17.3. The van der Waals surface area contributed by atoms with E-state index in [4.69, 9.17) is 16.3 Å². The molecule has 126 valence electrons. The van der Waals surface area contributed by atoms with Crippen LogP contribution < -0.4 is 4.74 Å². The molecule has 3 nitrogen and oxygen atoms in total. The van der Waals surface area contributed by atoms with Crippen LogP contribution in [-0.2, 0) is 12.8 Å². The van der Waals surface area contributed by atoms with E-state index in [-0.39, 0.29) is 0 Å². The molecular formula is C20H22ClNO2. The van der Waals surface area contributed by atoms with Gasteiger partial charge in [-0.3, -0.25) is 0 Å². The van der Waals surface area contributed by atoms with Gasteiger partial charge in [0.25, 0.3) is 0 Å². The second kappa shape index (κ2) is 6.88. The Kier molecular flexibility index (Phi) is 4.83. The van der Waals surface area contributed by atoms with Crippen LogP contribution in [0.2, 0.25) is 5.02 Å². The first-order valence-corrected chi connectivity index (χ1v) is 8.47. The molecule has 0 spiro atoms. The summed E-state index contributed by atoms with van der Waals surface area (Å²) in [6.45, 7) is 3.87. The molecule has 0 saturated carbocycles. The summed E-state index contributed by atoms with van der Waals surface area (Å²) in [7, 11) is 1.69. The highest BCUT2D eigenvalue weighted by Gasteiger charge is 2.17. The quantitative estimate of drug-likeness (QED) is 0.708. The molecule has 0 aliphatic carbocycles. The summed E-state index contributed by atoms with van der Waals surface area (Å²) in [5, 5.41) is 11.8. The van der Waals surface area contributed by atoms with Crippen molar-refractivity contribution >= 4 is 22.5 Å². The fourth-order valence-corrected chi connectivity index (χ4v) is 3.39. The summed E-state index contributed by atoms with van der Waals surface area (Å²) in [6.07, 6.45) is 0.978. The van der Waals surface area contributed by atoms with Gasteiger partial charge in [0.05, 0.1) is 13.2 Å². The van der Waals surface area contributed by atoms with E-state index in [1.807, 2.05) is 43.3 Å². The van der Waals surface area contributed by atoms with Gasteiger partial charge in [0.15, 0.2) is 0 Å². The smallest absolute Gasteiger partial charge is 0.123 e. The van der Waals surface area contributed by atoms with Gasteiger partial charge >= 0.3 is 0 Å². The molecule has 0 aliphatic rings. The lowest BCUT2D eigenvalue weighted by atomic mass is 9.95. The van der Waals surface area contributed by atoms with Crippen molar-refractivity contribution in [3.8, 4) is 5.75 Å². The second-order valence-corrected chi connectivity index (χ2v) is 6.69. The Hall–Kier alpha value is -1.97. The Morgan fingerprint density at radius 3 is 2.46 bits per heavy atom. The van der Waals surface area contributed by atoms with Crippen molar-refractivity contribution in [1.29, 1.82) is 0 Å². The number of H-pyrrole nitrogens is 1. The van der Waals surface area contributed by atoms with Gasteiger partial charge in [0, 0.05) is 40.0 Å². The fourth-order valence-electron chi connectivity index (χ4n) is 3.27. The van der Waals surface area contributed by atoms with Crippen molar-refractivity contribution in [2.75, 3.05) is 7.11 Å². The first kappa shape index (κ1) is 16.9. The SMILES string of the molecule is COc1ccc2[nH]c(C)c(CC(C)O)c2c1Cc1ccc(Cl)cc1. The molecule has 3 rings (SSSR count). The number of hydrogen-bond donors (Lipinski definition) is 2. The standard InChI is InChI=1S/C20H22ClNO2/c1-12(23)10-16-13(2)22-18-8-9-19(24-3)17(20(16)18)11-14-4-6-15(21)7-5-14/h4-9,12,22-23H,10-11H2,1-3H3. The molecule has 3 aromatic rings. The summed E-state index contributed by atoms with van der Waals surface area (Å²) in [6, 6.07) is 11.9. The molecule has 0 radical (unpaired) electrons. The van der Waals surface area contributed by atoms with Gasteiger partial charge in [-0.05, 0) is 49.2 Å². The summed E-state index contributed by atoms with van der Waals surface area (Å²) in [4.78, 5) is 3.43. The molecule has 1 unspecified atom stereocenters. The number of aromatic amines is 1. The monoisotopic (exact) mass is 343 g/mol. The maximum atomic E-state index is 9.89. The molecule has 1 heterocycles. The lowest BCUT2D eigenvalue weighted by Crippen LogP contribution is -2.06. The van der Waals surface area contributed by atoms with Crippen LogP contribution in [0.3, 0.4) is 0 Å². The van der Waals surface area contributed by atoms with E-state index in [0.717, 1.165) is 44.9 Å². The summed E-state index contributed by atoms with van der Waals surface area (Å²) < 4.78 is 5.62. The molecule has 0 bridgehead atoms. The Labute approximate surface area is 147 Å². The number of benzene rings is 2. The van der Waals surface area contributed by atoms with E-state index in [1.54, 1.807) is 7.11 Å². The molecule has 2 aromatic carbocycles. The molecule has 0 saturated heterocycles. The van der Waals surface area contributed by atoms with E-state index in [2.05, 4.69) is 11.9 Å². The highest BCUT2D eigenvalue weighted by Crippen LogP contribution is 2.34. The van der Waals surface area contributed by atoms with Crippen LogP contribution >= 0.6 is 11.6 Å². The third-order valence-corrected chi connectivity index (χ3v) is 4.61. The van der Waals surface area contributed by atoms with Gasteiger partial charge in [-0.15, -0.1) is 0 Å². The molecule has 0 amide bonds. The maximum Gasteiger partial charge on any atom is 0.123 e. The Morgan fingerprint density at radius 1 is 1.12 bits per heavy atom. The minimum Gasteiger partial charge on any atom is -0.496 e. The number of ether oxygens (including phenoxy) is 1. The molecule has 4 heteroatoms. The van der Waals surface area contributed by atoms with Crippen LogP contribution in [0, 0.1) is 6.92 Å². The van der Waals surface area contributed by atoms with Gasteiger partial charge in [-0.25, -0.2) is 0 Å². The Bertz CT molecular complexity index is 850. The van der Waals surface area contributed by atoms with Gasteiger partial charge in [-0.1, -0.05) is 23.7 Å². The number of fused-ring (bicyclic) bond motifs is 1. The minimum atomic E-state index is -0.391. The van der Waals surface area contributed by atoms with Crippen LogP contribution in [0.1, 0.15) is 29.3 Å². The summed E-state index contributed by atoms with van der Waals surface area (Å²) >= 11 is 6.00.